The van der Waals surface area contributed by atoms with Crippen molar-refractivity contribution in [2.24, 2.45) is 5.73 Å². The lowest BCUT2D eigenvalue weighted by molar-refractivity contribution is 0.174. The molecular formula is C10H13Cl2NO3. The van der Waals surface area contributed by atoms with Crippen molar-refractivity contribution >= 4 is 24.0 Å². The van der Waals surface area contributed by atoms with Crippen molar-refractivity contribution in [1.29, 1.82) is 0 Å². The number of fused-ring (bicyclic) bond motifs is 1. The van der Waals surface area contributed by atoms with E-state index in [9.17, 15) is 0 Å². The SMILES string of the molecule is Cl.N[C@@H](CCO)c1cc2c(cc1Cl)OCO2. The molecule has 1 aliphatic heterocycles. The molecule has 16 heavy (non-hydrogen) atoms. The van der Waals surface area contributed by atoms with Crippen LogP contribution in [0.2, 0.25) is 5.02 Å². The number of aliphatic hydroxyl groups excluding tert-OH is 1. The fraction of sp³-hybridized carbons (Fsp3) is 0.400. The molecule has 4 nitrogen and oxygen atoms in total. The third kappa shape index (κ3) is 2.52. The first-order valence-corrected chi connectivity index (χ1v) is 5.05. The third-order valence-electron chi connectivity index (χ3n) is 2.33. The molecular weight excluding hydrogens is 253 g/mol. The summed E-state index contributed by atoms with van der Waals surface area (Å²) in [6, 6.07) is 3.18. The maximum absolute atomic E-state index is 8.80. The Labute approximate surface area is 105 Å². The first-order chi connectivity index (χ1) is 7.22. The average Bonchev–Trinajstić information content (AvgIpc) is 2.63. The van der Waals surface area contributed by atoms with Crippen molar-refractivity contribution in [2.75, 3.05) is 13.4 Å². The molecule has 0 saturated heterocycles. The van der Waals surface area contributed by atoms with Crippen LogP contribution in [0.25, 0.3) is 0 Å². The quantitative estimate of drug-likeness (QED) is 0.876. The first kappa shape index (κ1) is 13.4. The van der Waals surface area contributed by atoms with Gasteiger partial charge in [-0.25, -0.2) is 0 Å². The predicted octanol–water partition coefficient (Wildman–Crippen LogP) is 1.87. The molecule has 0 radical (unpaired) electrons. The fourth-order valence-electron chi connectivity index (χ4n) is 1.51. The van der Waals surface area contributed by atoms with Crippen LogP contribution in [0.1, 0.15) is 18.0 Å². The van der Waals surface area contributed by atoms with Crippen LogP contribution in [0.5, 0.6) is 11.5 Å². The molecule has 3 N–H and O–H groups in total. The van der Waals surface area contributed by atoms with Gasteiger partial charge in [0, 0.05) is 23.7 Å². The highest BCUT2D eigenvalue weighted by Gasteiger charge is 2.19. The number of nitrogens with two attached hydrogens (primary N) is 1. The molecule has 1 aromatic rings. The number of aliphatic hydroxyl groups is 1. The van der Waals surface area contributed by atoms with E-state index in [2.05, 4.69) is 0 Å². The molecule has 1 atom stereocenters. The summed E-state index contributed by atoms with van der Waals surface area (Å²) in [6.45, 7) is 0.246. The summed E-state index contributed by atoms with van der Waals surface area (Å²) in [5.41, 5.74) is 6.63. The molecule has 1 aliphatic rings. The maximum Gasteiger partial charge on any atom is 0.231 e. The topological polar surface area (TPSA) is 64.7 Å². The van der Waals surface area contributed by atoms with Crippen LogP contribution in [0.3, 0.4) is 0 Å². The molecule has 0 aromatic heterocycles. The molecule has 0 unspecified atom stereocenters. The van der Waals surface area contributed by atoms with E-state index < -0.39 is 0 Å². The summed E-state index contributed by atoms with van der Waals surface area (Å²) >= 11 is 6.04. The van der Waals surface area contributed by atoms with Crippen molar-refractivity contribution in [1.82, 2.24) is 0 Å². The molecule has 90 valence electrons. The summed E-state index contributed by atoms with van der Waals surface area (Å²) < 4.78 is 10.4. The Bertz CT molecular complexity index is 373. The highest BCUT2D eigenvalue weighted by atomic mass is 35.5. The Morgan fingerprint density at radius 2 is 2.00 bits per heavy atom. The molecule has 0 saturated carbocycles. The second kappa shape index (κ2) is 5.59. The Morgan fingerprint density at radius 3 is 2.62 bits per heavy atom. The van der Waals surface area contributed by atoms with Crippen molar-refractivity contribution in [3.8, 4) is 11.5 Å². The average molecular weight is 266 g/mol. The Balaban J connectivity index is 0.00000128. The van der Waals surface area contributed by atoms with E-state index in [1.807, 2.05) is 0 Å². The van der Waals surface area contributed by atoms with Gasteiger partial charge in [-0.2, -0.15) is 0 Å². The highest BCUT2D eigenvalue weighted by molar-refractivity contribution is 6.31. The molecule has 1 aromatic carbocycles. The van der Waals surface area contributed by atoms with Crippen LogP contribution >= 0.6 is 24.0 Å². The van der Waals surface area contributed by atoms with Crippen molar-refractivity contribution in [2.45, 2.75) is 12.5 Å². The molecule has 0 amide bonds. The summed E-state index contributed by atoms with van der Waals surface area (Å²) in [4.78, 5) is 0. The number of benzene rings is 1. The van der Waals surface area contributed by atoms with Gasteiger partial charge < -0.3 is 20.3 Å². The van der Waals surface area contributed by atoms with Gasteiger partial charge in [-0.05, 0) is 18.1 Å². The van der Waals surface area contributed by atoms with E-state index >= 15 is 0 Å². The largest absolute Gasteiger partial charge is 0.454 e. The second-order valence-electron chi connectivity index (χ2n) is 3.35. The maximum atomic E-state index is 8.80. The number of hydrogen-bond donors (Lipinski definition) is 2. The van der Waals surface area contributed by atoms with Crippen molar-refractivity contribution in [3.63, 3.8) is 0 Å². The summed E-state index contributed by atoms with van der Waals surface area (Å²) in [5.74, 6) is 1.29. The van der Waals surface area contributed by atoms with E-state index in [1.54, 1.807) is 12.1 Å². The van der Waals surface area contributed by atoms with Gasteiger partial charge >= 0.3 is 0 Å². The molecule has 6 heteroatoms. The van der Waals surface area contributed by atoms with E-state index in [-0.39, 0.29) is 31.8 Å². The van der Waals surface area contributed by atoms with E-state index in [4.69, 9.17) is 31.9 Å². The van der Waals surface area contributed by atoms with Crippen LogP contribution < -0.4 is 15.2 Å². The minimum atomic E-state index is -0.281. The normalized spacial score (nSPS) is 14.4. The molecule has 2 rings (SSSR count). The highest BCUT2D eigenvalue weighted by Crippen LogP contribution is 2.38. The number of halogens is 2. The van der Waals surface area contributed by atoms with E-state index in [0.29, 0.717) is 22.9 Å². The lowest BCUT2D eigenvalue weighted by atomic mass is 10.0. The zero-order chi connectivity index (χ0) is 10.8. The zero-order valence-electron chi connectivity index (χ0n) is 8.48. The standard InChI is InChI=1S/C10H12ClNO3.ClH/c11-7-4-10-9(14-5-15-10)3-6(7)8(12)1-2-13;/h3-4,8,13H,1-2,5,12H2;1H/t8-;/m0./s1. The molecule has 0 fully saturated rings. The van der Waals surface area contributed by atoms with Gasteiger partial charge in [0.2, 0.25) is 6.79 Å². The van der Waals surface area contributed by atoms with Gasteiger partial charge in [-0.15, -0.1) is 12.4 Å². The van der Waals surface area contributed by atoms with Crippen molar-refractivity contribution < 1.29 is 14.6 Å². The summed E-state index contributed by atoms with van der Waals surface area (Å²) in [5, 5.41) is 9.35. The minimum absolute atomic E-state index is 0. The lowest BCUT2D eigenvalue weighted by Gasteiger charge is -2.12. The van der Waals surface area contributed by atoms with Crippen LogP contribution in [0.4, 0.5) is 0 Å². The van der Waals surface area contributed by atoms with Crippen LogP contribution in [-0.2, 0) is 0 Å². The smallest absolute Gasteiger partial charge is 0.231 e. The predicted molar refractivity (Wildman–Crippen MR) is 63.5 cm³/mol. The van der Waals surface area contributed by atoms with Gasteiger partial charge in [-0.1, -0.05) is 11.6 Å². The molecule has 0 bridgehead atoms. The molecule has 0 aliphatic carbocycles. The van der Waals surface area contributed by atoms with Crippen LogP contribution in [0, 0.1) is 0 Å². The van der Waals surface area contributed by atoms with Gasteiger partial charge in [0.05, 0.1) is 0 Å². The number of rotatable bonds is 3. The van der Waals surface area contributed by atoms with Crippen LogP contribution in [0.15, 0.2) is 12.1 Å². The minimum Gasteiger partial charge on any atom is -0.454 e. The Kier molecular flexibility index (Phi) is 4.68. The molecule has 1 heterocycles. The number of hydrogen-bond acceptors (Lipinski definition) is 4. The van der Waals surface area contributed by atoms with Gasteiger partial charge in [-0.3, -0.25) is 0 Å². The number of ether oxygens (including phenoxy) is 2. The van der Waals surface area contributed by atoms with Crippen LogP contribution in [-0.4, -0.2) is 18.5 Å². The van der Waals surface area contributed by atoms with Gasteiger partial charge in [0.1, 0.15) is 0 Å². The first-order valence-electron chi connectivity index (χ1n) is 4.68. The monoisotopic (exact) mass is 265 g/mol. The fourth-order valence-corrected chi connectivity index (χ4v) is 1.81. The van der Waals surface area contributed by atoms with E-state index in [1.165, 1.54) is 0 Å². The zero-order valence-corrected chi connectivity index (χ0v) is 10.1. The van der Waals surface area contributed by atoms with Gasteiger partial charge in [0.15, 0.2) is 11.5 Å². The van der Waals surface area contributed by atoms with Crippen molar-refractivity contribution in [3.05, 3.63) is 22.7 Å². The lowest BCUT2D eigenvalue weighted by Crippen LogP contribution is -2.12. The van der Waals surface area contributed by atoms with E-state index in [0.717, 1.165) is 5.56 Å². The van der Waals surface area contributed by atoms with Gasteiger partial charge in [0.25, 0.3) is 0 Å². The second-order valence-corrected chi connectivity index (χ2v) is 3.75. The third-order valence-corrected chi connectivity index (χ3v) is 2.66. The Morgan fingerprint density at radius 1 is 1.38 bits per heavy atom. The summed E-state index contributed by atoms with van der Waals surface area (Å²) in [7, 11) is 0. The summed E-state index contributed by atoms with van der Waals surface area (Å²) in [6.07, 6.45) is 0.472. The molecule has 0 spiro atoms. The Hall–Kier alpha value is -0.680.